The van der Waals surface area contributed by atoms with Crippen LogP contribution in [0.2, 0.25) is 0 Å². The van der Waals surface area contributed by atoms with Crippen molar-refractivity contribution in [2.45, 2.75) is 64.5 Å². The van der Waals surface area contributed by atoms with Gasteiger partial charge in [-0.3, -0.25) is 9.59 Å². The summed E-state index contributed by atoms with van der Waals surface area (Å²) < 4.78 is 9.89. The van der Waals surface area contributed by atoms with E-state index in [2.05, 4.69) is 11.7 Å². The summed E-state index contributed by atoms with van der Waals surface area (Å²) in [5.74, 6) is -0.370. The van der Waals surface area contributed by atoms with Crippen LogP contribution >= 0.6 is 34.2 Å². The molecule has 8 nitrogen and oxygen atoms in total. The number of thiol groups is 1. The maximum Gasteiger partial charge on any atom is 0.320 e. The van der Waals surface area contributed by atoms with Crippen molar-refractivity contribution in [3.05, 3.63) is 0 Å². The zero-order valence-electron chi connectivity index (χ0n) is 18.6. The first-order valence-corrected chi connectivity index (χ1v) is 13.7. The Hall–Kier alpha value is -0.170. The van der Waals surface area contributed by atoms with Crippen molar-refractivity contribution >= 4 is 46.2 Å². The summed E-state index contributed by atoms with van der Waals surface area (Å²) in [7, 11) is 1.30. The van der Waals surface area contributed by atoms with Crippen LogP contribution in [0.3, 0.4) is 0 Å². The predicted octanol–water partition coefficient (Wildman–Crippen LogP) is 3.14. The first-order chi connectivity index (χ1) is 14.4. The Bertz CT molecular complexity index is 325. The van der Waals surface area contributed by atoms with E-state index in [4.69, 9.17) is 31.2 Å². The molecule has 2 unspecified atom stereocenters. The Morgan fingerprint density at radius 3 is 1.40 bits per heavy atom. The first kappa shape index (κ1) is 34.4. The van der Waals surface area contributed by atoms with E-state index in [1.54, 1.807) is 11.8 Å². The van der Waals surface area contributed by atoms with Gasteiger partial charge in [0.1, 0.15) is 12.1 Å². The fraction of sp³-hybridized carbons (Fsp3) is 0.895. The van der Waals surface area contributed by atoms with Crippen LogP contribution in [-0.2, 0) is 19.1 Å². The molecular weight excluding hydrogens is 448 g/mol. The van der Waals surface area contributed by atoms with Gasteiger partial charge in [0.15, 0.2) is 0 Å². The third-order valence-corrected chi connectivity index (χ3v) is 5.05. The summed E-state index contributed by atoms with van der Waals surface area (Å²) in [5, 5.41) is 16.5. The molecule has 182 valence electrons. The molecule has 11 heteroatoms. The summed E-state index contributed by atoms with van der Waals surface area (Å²) in [6, 6.07) is -1.41. The van der Waals surface area contributed by atoms with E-state index in [0.717, 1.165) is 32.2 Å². The van der Waals surface area contributed by atoms with Gasteiger partial charge >= 0.3 is 11.9 Å². The van der Waals surface area contributed by atoms with Gasteiger partial charge in [-0.05, 0) is 50.5 Å². The minimum atomic E-state index is -0.947. The molecule has 0 amide bonds. The van der Waals surface area contributed by atoms with Crippen LogP contribution in [-0.4, -0.2) is 78.4 Å². The van der Waals surface area contributed by atoms with Crippen LogP contribution in [0.4, 0.5) is 0 Å². The number of carboxylic acid groups (broad SMARTS) is 2. The molecule has 0 radical (unpaired) electrons. The summed E-state index contributed by atoms with van der Waals surface area (Å²) in [6.07, 6.45) is 8.06. The Balaban J connectivity index is -0.000000323. The second-order valence-electron chi connectivity index (χ2n) is 5.93. The number of hydrogen-bond acceptors (Lipinski definition) is 9. The summed E-state index contributed by atoms with van der Waals surface area (Å²) in [5.41, 5.74) is 10.3. The highest BCUT2D eigenvalue weighted by atomic mass is 33.1. The molecule has 2 aliphatic heterocycles. The molecule has 0 aromatic heterocycles. The van der Waals surface area contributed by atoms with E-state index in [0.29, 0.717) is 18.6 Å². The monoisotopic (exact) mass is 490 g/mol. The van der Waals surface area contributed by atoms with E-state index in [9.17, 15) is 9.59 Å². The molecule has 0 aliphatic carbocycles. The second kappa shape index (κ2) is 28.8. The number of carboxylic acids is 2. The van der Waals surface area contributed by atoms with E-state index in [1.165, 1.54) is 36.5 Å². The van der Waals surface area contributed by atoms with Gasteiger partial charge < -0.3 is 31.2 Å². The van der Waals surface area contributed by atoms with Crippen molar-refractivity contribution in [3.63, 3.8) is 0 Å². The maximum atomic E-state index is 10.1. The second-order valence-corrected chi connectivity index (χ2v) is 8.36. The number of nitrogens with two attached hydrogens (primary N) is 2. The topological polar surface area (TPSA) is 145 Å². The zero-order chi connectivity index (χ0) is 23.6. The van der Waals surface area contributed by atoms with Gasteiger partial charge in [-0.15, -0.1) is 11.7 Å². The van der Waals surface area contributed by atoms with Crippen molar-refractivity contribution < 1.29 is 29.3 Å². The molecule has 2 saturated heterocycles. The molecule has 2 aliphatic rings. The molecule has 2 rings (SSSR count). The lowest BCUT2D eigenvalue weighted by Crippen LogP contribution is -2.30. The lowest BCUT2D eigenvalue weighted by atomic mass is 10.2. The van der Waals surface area contributed by atoms with E-state index >= 15 is 0 Å². The number of aliphatic carboxylic acids is 2. The highest BCUT2D eigenvalue weighted by molar-refractivity contribution is 8.68. The summed E-state index contributed by atoms with van der Waals surface area (Å²) in [4.78, 5) is 20.1. The van der Waals surface area contributed by atoms with E-state index in [1.807, 2.05) is 20.1 Å². The molecular formula is C19H42N2O6S3. The molecule has 0 saturated carbocycles. The molecule has 2 heterocycles. The van der Waals surface area contributed by atoms with Gasteiger partial charge in [0.2, 0.25) is 0 Å². The quantitative estimate of drug-likeness (QED) is 0.254. The third-order valence-electron chi connectivity index (χ3n) is 3.44. The Morgan fingerprint density at radius 2 is 1.20 bits per heavy atom. The largest absolute Gasteiger partial charge is 0.480 e. The van der Waals surface area contributed by atoms with Crippen molar-refractivity contribution in [2.24, 2.45) is 11.5 Å². The molecule has 0 bridgehead atoms. The average molecular weight is 491 g/mol. The van der Waals surface area contributed by atoms with Crippen LogP contribution in [0.5, 0.6) is 0 Å². The van der Waals surface area contributed by atoms with Crippen molar-refractivity contribution in [3.8, 4) is 0 Å². The summed E-state index contributed by atoms with van der Waals surface area (Å²) >= 11 is 5.44. The fourth-order valence-electron chi connectivity index (χ4n) is 1.69. The smallest absolute Gasteiger partial charge is 0.320 e. The predicted molar refractivity (Wildman–Crippen MR) is 132 cm³/mol. The van der Waals surface area contributed by atoms with E-state index < -0.39 is 24.0 Å². The number of rotatable bonds is 8. The number of ether oxygens (including phenoxy) is 2. The minimum Gasteiger partial charge on any atom is -0.480 e. The third kappa shape index (κ3) is 30.0. The highest BCUT2D eigenvalue weighted by Gasteiger charge is 2.09. The Kier molecular flexibility index (Phi) is 33.1. The van der Waals surface area contributed by atoms with Gasteiger partial charge in [-0.1, -0.05) is 24.6 Å². The van der Waals surface area contributed by atoms with Crippen LogP contribution in [0.25, 0.3) is 0 Å². The number of thioether (sulfide) groups is 1. The highest BCUT2D eigenvalue weighted by Crippen LogP contribution is 2.07. The van der Waals surface area contributed by atoms with Crippen LogP contribution in [0.15, 0.2) is 0 Å². The van der Waals surface area contributed by atoms with Crippen molar-refractivity contribution in [2.75, 3.05) is 44.2 Å². The summed E-state index contributed by atoms with van der Waals surface area (Å²) in [6.45, 7) is 8.00. The SMILES string of the molecule is C1CCOC1.C1CCOC1.CC.CSCCC(N)C(=O)O.NC(CCSS)C(=O)O. The molecule has 2 fully saturated rings. The van der Waals surface area contributed by atoms with Crippen LogP contribution < -0.4 is 11.5 Å². The molecule has 30 heavy (non-hydrogen) atoms. The fourth-order valence-corrected chi connectivity index (χ4v) is 2.86. The number of carbonyl (C=O) groups is 2. The Morgan fingerprint density at radius 1 is 0.867 bits per heavy atom. The molecule has 0 aromatic rings. The standard InChI is InChI=1S/C5H11NO2S.C4H9NO2S2.2C4H8O.C2H6/c1-9-3-2-4(6)5(7)8;5-3(4(6)7)1-2-9-8;2*1-2-4-5-3-1;1-2/h4H,2-3,6H2,1H3,(H,7,8);3,8H,1-2,5H2,(H,6,7);2*1-4H2;1-2H3. The lowest BCUT2D eigenvalue weighted by molar-refractivity contribution is -0.139. The molecule has 2 atom stereocenters. The first-order valence-electron chi connectivity index (χ1n) is 10.2. The van der Waals surface area contributed by atoms with Crippen molar-refractivity contribution in [1.82, 2.24) is 0 Å². The molecule has 0 aromatic carbocycles. The zero-order valence-corrected chi connectivity index (χ0v) is 21.1. The number of hydrogen-bond donors (Lipinski definition) is 5. The lowest BCUT2D eigenvalue weighted by Gasteiger charge is -2.02. The van der Waals surface area contributed by atoms with Gasteiger partial charge in [-0.2, -0.15) is 11.8 Å². The average Bonchev–Trinajstić information content (AvgIpc) is 3.50. The van der Waals surface area contributed by atoms with Crippen molar-refractivity contribution in [1.29, 1.82) is 0 Å². The van der Waals surface area contributed by atoms with Crippen LogP contribution in [0, 0.1) is 0 Å². The van der Waals surface area contributed by atoms with Gasteiger partial charge in [0.05, 0.1) is 0 Å². The van der Waals surface area contributed by atoms with E-state index in [-0.39, 0.29) is 0 Å². The molecule has 0 spiro atoms. The van der Waals surface area contributed by atoms with Gasteiger partial charge in [-0.25, -0.2) is 0 Å². The van der Waals surface area contributed by atoms with Gasteiger partial charge in [0, 0.05) is 32.2 Å². The minimum absolute atomic E-state index is 0.476. The van der Waals surface area contributed by atoms with Crippen LogP contribution in [0.1, 0.15) is 52.4 Å². The normalized spacial score (nSPS) is 16.1. The molecule has 6 N–H and O–H groups in total. The maximum absolute atomic E-state index is 10.1. The van der Waals surface area contributed by atoms with Gasteiger partial charge in [0.25, 0.3) is 0 Å². The Labute approximate surface area is 195 Å².